The topological polar surface area (TPSA) is 74.6 Å². The van der Waals surface area contributed by atoms with Crippen molar-refractivity contribution in [1.29, 1.82) is 0 Å². The average molecular weight is 490 g/mol. The van der Waals surface area contributed by atoms with E-state index >= 15 is 4.39 Å². The first kappa shape index (κ1) is 23.2. The SMILES string of the molecule is C=Cc1cc(C(=O)c2cc(F)c(N)c(F)c2)n2cccc(-c3c(OC)cc4c(nc(C)n4C)c3F)c12. The van der Waals surface area contributed by atoms with Crippen molar-refractivity contribution in [1.82, 2.24) is 14.0 Å². The second-order valence-electron chi connectivity index (χ2n) is 8.37. The van der Waals surface area contributed by atoms with E-state index in [0.29, 0.717) is 28.0 Å². The molecule has 0 aliphatic carbocycles. The largest absolute Gasteiger partial charge is 0.496 e. The molecule has 0 spiro atoms. The molecule has 0 saturated carbocycles. The number of methoxy groups -OCH3 is 1. The van der Waals surface area contributed by atoms with Crippen LogP contribution in [0.25, 0.3) is 33.8 Å². The van der Waals surface area contributed by atoms with Gasteiger partial charge in [-0.3, -0.25) is 4.79 Å². The molecule has 0 aliphatic rings. The van der Waals surface area contributed by atoms with Crippen LogP contribution in [0.15, 0.2) is 49.2 Å². The highest BCUT2D eigenvalue weighted by atomic mass is 19.1. The summed E-state index contributed by atoms with van der Waals surface area (Å²) in [7, 11) is 3.23. The predicted octanol–water partition coefficient (Wildman–Crippen LogP) is 5.68. The van der Waals surface area contributed by atoms with Gasteiger partial charge in [0.1, 0.15) is 34.4 Å². The number of nitrogens with two attached hydrogens (primary N) is 1. The van der Waals surface area contributed by atoms with E-state index in [4.69, 9.17) is 10.5 Å². The summed E-state index contributed by atoms with van der Waals surface area (Å²) in [6, 6.07) is 8.35. The number of carbonyl (C=O) groups excluding carboxylic acids is 1. The molecule has 0 aliphatic heterocycles. The molecule has 3 aromatic heterocycles. The smallest absolute Gasteiger partial charge is 0.209 e. The molecular weight excluding hydrogens is 469 g/mol. The summed E-state index contributed by atoms with van der Waals surface area (Å²) in [6.45, 7) is 5.60. The van der Waals surface area contributed by atoms with Crippen LogP contribution >= 0.6 is 0 Å². The summed E-state index contributed by atoms with van der Waals surface area (Å²) in [5, 5.41) is 0. The highest BCUT2D eigenvalue weighted by molar-refractivity contribution is 6.10. The summed E-state index contributed by atoms with van der Waals surface area (Å²) in [5.41, 5.74) is 6.92. The number of hydrogen-bond acceptors (Lipinski definition) is 4. The number of ketones is 1. The number of nitrogen functional groups attached to an aromatic ring is 1. The molecule has 36 heavy (non-hydrogen) atoms. The van der Waals surface area contributed by atoms with Gasteiger partial charge in [-0.15, -0.1) is 0 Å². The van der Waals surface area contributed by atoms with E-state index in [-0.39, 0.29) is 28.1 Å². The molecular formula is C27H21F3N4O2. The van der Waals surface area contributed by atoms with Gasteiger partial charge in [-0.2, -0.15) is 0 Å². The number of rotatable bonds is 5. The van der Waals surface area contributed by atoms with Crippen LogP contribution in [0.1, 0.15) is 27.4 Å². The van der Waals surface area contributed by atoms with Crippen molar-refractivity contribution >= 4 is 34.1 Å². The fraction of sp³-hybridized carbons (Fsp3) is 0.111. The molecule has 3 heterocycles. The molecule has 9 heteroatoms. The number of aromatic nitrogens is 3. The van der Waals surface area contributed by atoms with Crippen LogP contribution < -0.4 is 10.5 Å². The number of ether oxygens (including phenoxy) is 1. The Labute approximate surface area is 204 Å². The first-order chi connectivity index (χ1) is 17.2. The maximum atomic E-state index is 16.0. The van der Waals surface area contributed by atoms with E-state index in [0.717, 1.165) is 12.1 Å². The predicted molar refractivity (Wildman–Crippen MR) is 133 cm³/mol. The lowest BCUT2D eigenvalue weighted by Crippen LogP contribution is -2.08. The highest BCUT2D eigenvalue weighted by Crippen LogP contribution is 2.41. The molecule has 0 atom stereocenters. The van der Waals surface area contributed by atoms with Gasteiger partial charge in [-0.25, -0.2) is 18.2 Å². The fourth-order valence-electron chi connectivity index (χ4n) is 4.47. The van der Waals surface area contributed by atoms with E-state index in [1.54, 1.807) is 42.9 Å². The molecule has 5 aromatic rings. The summed E-state index contributed by atoms with van der Waals surface area (Å²) < 4.78 is 53.0. The summed E-state index contributed by atoms with van der Waals surface area (Å²) in [4.78, 5) is 17.7. The number of imidazole rings is 1. The standard InChI is InChI=1S/C27H21F3N4O2/c1-5-14-11-20(27(35)15-9-17(28)24(31)18(29)10-15)34-8-6-7-16(26(14)34)22-21(36-4)12-19-25(23(22)30)32-13(2)33(19)3/h5-12H,1,31H2,2-4H3. The van der Waals surface area contributed by atoms with Crippen molar-refractivity contribution in [2.45, 2.75) is 6.92 Å². The van der Waals surface area contributed by atoms with Crippen LogP contribution in [0.2, 0.25) is 0 Å². The monoisotopic (exact) mass is 490 g/mol. The first-order valence-corrected chi connectivity index (χ1v) is 10.9. The lowest BCUT2D eigenvalue weighted by Gasteiger charge is -2.14. The summed E-state index contributed by atoms with van der Waals surface area (Å²) >= 11 is 0. The van der Waals surface area contributed by atoms with Crippen molar-refractivity contribution in [2.24, 2.45) is 7.05 Å². The maximum Gasteiger partial charge on any atom is 0.209 e. The van der Waals surface area contributed by atoms with Crippen LogP contribution in [0.3, 0.4) is 0 Å². The van der Waals surface area contributed by atoms with Gasteiger partial charge in [-0.1, -0.05) is 18.7 Å². The minimum atomic E-state index is -1.03. The van der Waals surface area contributed by atoms with Crippen LogP contribution in [-0.4, -0.2) is 26.8 Å². The molecule has 0 bridgehead atoms. The Morgan fingerprint density at radius 1 is 1.17 bits per heavy atom. The second kappa shape index (κ2) is 8.30. The van der Waals surface area contributed by atoms with Gasteiger partial charge in [0.25, 0.3) is 0 Å². The van der Waals surface area contributed by atoms with Crippen LogP contribution in [0.5, 0.6) is 5.75 Å². The van der Waals surface area contributed by atoms with Crippen LogP contribution in [0.4, 0.5) is 18.9 Å². The Bertz CT molecular complexity index is 1710. The number of anilines is 1. The number of pyridine rings is 1. The van der Waals surface area contributed by atoms with Crippen molar-refractivity contribution in [3.05, 3.63) is 89.3 Å². The fourth-order valence-corrected chi connectivity index (χ4v) is 4.47. The van der Waals surface area contributed by atoms with Gasteiger partial charge in [0.15, 0.2) is 5.82 Å². The Hall–Kier alpha value is -4.53. The lowest BCUT2D eigenvalue weighted by atomic mass is 10.0. The van der Waals surface area contributed by atoms with E-state index in [9.17, 15) is 13.6 Å². The summed E-state index contributed by atoms with van der Waals surface area (Å²) in [5.74, 6) is -2.37. The molecule has 5 rings (SSSR count). The van der Waals surface area contributed by atoms with E-state index in [2.05, 4.69) is 11.6 Å². The molecule has 0 unspecified atom stereocenters. The van der Waals surface area contributed by atoms with Crippen LogP contribution in [0, 0.1) is 24.4 Å². The minimum Gasteiger partial charge on any atom is -0.496 e. The molecule has 0 saturated heterocycles. The number of hydrogen-bond donors (Lipinski definition) is 1. The van der Waals surface area contributed by atoms with Gasteiger partial charge in [0, 0.05) is 36.0 Å². The minimum absolute atomic E-state index is 0.111. The van der Waals surface area contributed by atoms with Gasteiger partial charge >= 0.3 is 0 Å². The second-order valence-corrected chi connectivity index (χ2v) is 8.37. The molecule has 0 amide bonds. The molecule has 182 valence electrons. The van der Waals surface area contributed by atoms with Crippen molar-refractivity contribution in [2.75, 3.05) is 12.8 Å². The Morgan fingerprint density at radius 2 is 1.86 bits per heavy atom. The van der Waals surface area contributed by atoms with Crippen molar-refractivity contribution < 1.29 is 22.7 Å². The number of aryl methyl sites for hydroxylation is 2. The van der Waals surface area contributed by atoms with Crippen LogP contribution in [-0.2, 0) is 7.05 Å². The van der Waals surface area contributed by atoms with Gasteiger partial charge in [0.05, 0.1) is 29.4 Å². The van der Waals surface area contributed by atoms with Crippen molar-refractivity contribution in [3.8, 4) is 16.9 Å². The number of nitrogens with zero attached hydrogens (tertiary/aromatic N) is 3. The Balaban J connectivity index is 1.80. The summed E-state index contributed by atoms with van der Waals surface area (Å²) in [6.07, 6.45) is 3.13. The third kappa shape index (κ3) is 3.27. The normalized spacial score (nSPS) is 11.4. The maximum absolute atomic E-state index is 16.0. The average Bonchev–Trinajstić information content (AvgIpc) is 3.39. The molecule has 0 fully saturated rings. The third-order valence-corrected chi connectivity index (χ3v) is 6.41. The van der Waals surface area contributed by atoms with E-state index in [1.165, 1.54) is 23.7 Å². The van der Waals surface area contributed by atoms with Gasteiger partial charge in [0.2, 0.25) is 5.78 Å². The zero-order valence-corrected chi connectivity index (χ0v) is 19.7. The zero-order chi connectivity index (χ0) is 25.9. The molecule has 6 nitrogen and oxygen atoms in total. The van der Waals surface area contributed by atoms with E-state index in [1.807, 2.05) is 0 Å². The van der Waals surface area contributed by atoms with Gasteiger partial charge in [-0.05, 0) is 31.2 Å². The third-order valence-electron chi connectivity index (χ3n) is 6.41. The number of benzene rings is 2. The first-order valence-electron chi connectivity index (χ1n) is 10.9. The van der Waals surface area contributed by atoms with Gasteiger partial charge < -0.3 is 19.4 Å². The lowest BCUT2D eigenvalue weighted by molar-refractivity contribution is 0.103. The quantitative estimate of drug-likeness (QED) is 0.254. The highest BCUT2D eigenvalue weighted by Gasteiger charge is 2.25. The van der Waals surface area contributed by atoms with Crippen molar-refractivity contribution in [3.63, 3.8) is 0 Å². The molecule has 0 radical (unpaired) electrons. The molecule has 2 aromatic carbocycles. The van der Waals surface area contributed by atoms with E-state index < -0.39 is 28.9 Å². The zero-order valence-electron chi connectivity index (χ0n) is 19.7. The number of fused-ring (bicyclic) bond motifs is 2. The Morgan fingerprint density at radius 3 is 2.50 bits per heavy atom. The molecule has 2 N–H and O–H groups in total. The Kier molecular flexibility index (Phi) is 5.35. The number of carbonyl (C=O) groups is 1. The number of halogens is 3.